The quantitative estimate of drug-likeness (QED) is 0.182. The molecule has 0 spiro atoms. The van der Waals surface area contributed by atoms with Gasteiger partial charge in [-0.05, 0) is 121 Å². The first kappa shape index (κ1) is 33.5. The first-order chi connectivity index (χ1) is 29.3. The molecule has 276 valence electrons. The van der Waals surface area contributed by atoms with Crippen molar-refractivity contribution in [1.29, 1.82) is 0 Å². The largest absolute Gasteiger partial charge is 0.354 e. The van der Waals surface area contributed by atoms with Gasteiger partial charge in [0.25, 0.3) is 0 Å². The lowest BCUT2D eigenvalue weighted by Gasteiger charge is -2.34. The highest BCUT2D eigenvalue weighted by Gasteiger charge is 2.46. The number of fused-ring (bicyclic) bond motifs is 6. The fraction of sp³-hybridized carbons (Fsp3) is 0.0175. The lowest BCUT2D eigenvalue weighted by molar-refractivity contribution is 0.768. The highest BCUT2D eigenvalue weighted by molar-refractivity contribution is 6.16. The molecule has 0 radical (unpaired) electrons. The van der Waals surface area contributed by atoms with Crippen LogP contribution in [0.15, 0.2) is 224 Å². The van der Waals surface area contributed by atoms with Gasteiger partial charge in [-0.1, -0.05) is 170 Å². The molecule has 1 aliphatic heterocycles. The Labute approximate surface area is 344 Å². The van der Waals surface area contributed by atoms with Crippen molar-refractivity contribution in [2.75, 3.05) is 10.2 Å². The van der Waals surface area contributed by atoms with E-state index in [0.717, 1.165) is 28.4 Å². The number of hydrogen-bond acceptors (Lipinski definition) is 2. The molecule has 0 saturated carbocycles. The second kappa shape index (κ2) is 13.2. The van der Waals surface area contributed by atoms with Crippen LogP contribution >= 0.6 is 0 Å². The summed E-state index contributed by atoms with van der Waals surface area (Å²) >= 11 is 0. The standard InChI is InChI=1S/C57H38N2/c1-4-17-41(18-5-1)57(42-19-6-2-7-20-42)52-26-13-12-23-47(52)50-37-45(31-33-53(50)57)59(43-21-8-3-9-22-43)44-29-27-38(28-30-44)46-32-34-54-56-48(46)24-14-25-49(56)51-35-39-15-10-11-16-40(39)36-55(51)58-54/h1-37,58H. The van der Waals surface area contributed by atoms with Crippen LogP contribution < -0.4 is 10.2 Å². The van der Waals surface area contributed by atoms with Crippen LogP contribution in [-0.4, -0.2) is 0 Å². The second-order valence-electron chi connectivity index (χ2n) is 15.7. The number of anilines is 5. The number of benzene rings is 10. The maximum Gasteiger partial charge on any atom is 0.0713 e. The summed E-state index contributed by atoms with van der Waals surface area (Å²) in [5, 5.41) is 8.79. The van der Waals surface area contributed by atoms with Crippen LogP contribution in [0.5, 0.6) is 0 Å². The molecule has 2 aliphatic rings. The monoisotopic (exact) mass is 750 g/mol. The SMILES string of the molecule is c1ccc(N(c2ccc(-c3ccc4c5c(cccc35)-c3cc5ccccc5cc3N4)cc2)c2ccc3c(c2)-c2ccccc2C3(c2ccccc2)c2ccccc2)cc1. The van der Waals surface area contributed by atoms with Gasteiger partial charge < -0.3 is 10.2 Å². The van der Waals surface area contributed by atoms with Crippen molar-refractivity contribution in [3.63, 3.8) is 0 Å². The average molecular weight is 751 g/mol. The Balaban J connectivity index is 0.984. The number of rotatable bonds is 6. The molecule has 2 heteroatoms. The van der Waals surface area contributed by atoms with Gasteiger partial charge in [0.15, 0.2) is 0 Å². The Morgan fingerprint density at radius 1 is 0.339 bits per heavy atom. The summed E-state index contributed by atoms with van der Waals surface area (Å²) in [5.74, 6) is 0. The third-order valence-electron chi connectivity index (χ3n) is 12.6. The number of para-hydroxylation sites is 1. The molecule has 2 nitrogen and oxygen atoms in total. The van der Waals surface area contributed by atoms with Crippen molar-refractivity contribution >= 4 is 50.0 Å². The molecule has 10 aromatic rings. The van der Waals surface area contributed by atoms with E-state index in [1.165, 1.54) is 77.2 Å². The van der Waals surface area contributed by atoms with Crippen molar-refractivity contribution < 1.29 is 0 Å². The second-order valence-corrected chi connectivity index (χ2v) is 15.7. The molecular weight excluding hydrogens is 713 g/mol. The Morgan fingerprint density at radius 2 is 0.932 bits per heavy atom. The highest BCUT2D eigenvalue weighted by Crippen LogP contribution is 2.57. The van der Waals surface area contributed by atoms with Gasteiger partial charge in [-0.15, -0.1) is 0 Å². The van der Waals surface area contributed by atoms with E-state index in [4.69, 9.17) is 0 Å². The lowest BCUT2D eigenvalue weighted by Crippen LogP contribution is -2.28. The molecule has 0 fully saturated rings. The van der Waals surface area contributed by atoms with E-state index in [9.17, 15) is 0 Å². The maximum absolute atomic E-state index is 3.78. The Hall–Kier alpha value is -7.68. The predicted octanol–water partition coefficient (Wildman–Crippen LogP) is 15.2. The number of nitrogens with one attached hydrogen (secondary N) is 1. The van der Waals surface area contributed by atoms with Crippen molar-refractivity contribution in [1.82, 2.24) is 0 Å². The zero-order valence-electron chi connectivity index (χ0n) is 32.3. The summed E-state index contributed by atoms with van der Waals surface area (Å²) in [6.07, 6.45) is 0. The van der Waals surface area contributed by atoms with E-state index >= 15 is 0 Å². The number of nitrogens with zero attached hydrogens (tertiary/aromatic N) is 1. The van der Waals surface area contributed by atoms with Crippen molar-refractivity contribution in [3.8, 4) is 33.4 Å². The van der Waals surface area contributed by atoms with Crippen LogP contribution in [0.4, 0.5) is 28.4 Å². The molecule has 0 unspecified atom stereocenters. The summed E-state index contributed by atoms with van der Waals surface area (Å²) < 4.78 is 0. The Kier molecular flexibility index (Phi) is 7.48. The normalized spacial score (nSPS) is 13.0. The van der Waals surface area contributed by atoms with Crippen LogP contribution in [-0.2, 0) is 5.41 Å². The summed E-state index contributed by atoms with van der Waals surface area (Å²) in [6.45, 7) is 0. The Bertz CT molecular complexity index is 3180. The fourth-order valence-electron chi connectivity index (χ4n) is 10.1. The van der Waals surface area contributed by atoms with Crippen LogP contribution in [0, 0.1) is 0 Å². The molecule has 0 bridgehead atoms. The summed E-state index contributed by atoms with van der Waals surface area (Å²) in [7, 11) is 0. The summed E-state index contributed by atoms with van der Waals surface area (Å²) in [5.41, 5.74) is 17.8. The minimum Gasteiger partial charge on any atom is -0.354 e. The molecular formula is C57H38N2. The first-order valence-electron chi connectivity index (χ1n) is 20.4. The topological polar surface area (TPSA) is 15.3 Å². The van der Waals surface area contributed by atoms with Crippen molar-refractivity contribution in [2.45, 2.75) is 5.41 Å². The van der Waals surface area contributed by atoms with Crippen molar-refractivity contribution in [3.05, 3.63) is 247 Å². The van der Waals surface area contributed by atoms with Crippen LogP contribution in [0.3, 0.4) is 0 Å². The van der Waals surface area contributed by atoms with Gasteiger partial charge >= 0.3 is 0 Å². The van der Waals surface area contributed by atoms with Gasteiger partial charge in [0.2, 0.25) is 0 Å². The zero-order valence-corrected chi connectivity index (χ0v) is 32.3. The molecule has 0 aromatic heterocycles. The summed E-state index contributed by atoms with van der Waals surface area (Å²) in [4.78, 5) is 2.39. The van der Waals surface area contributed by atoms with E-state index in [0.29, 0.717) is 0 Å². The lowest BCUT2D eigenvalue weighted by atomic mass is 9.68. The molecule has 0 atom stereocenters. The Morgan fingerprint density at radius 3 is 1.68 bits per heavy atom. The molecule has 10 aromatic carbocycles. The van der Waals surface area contributed by atoms with Gasteiger partial charge in [-0.25, -0.2) is 0 Å². The zero-order chi connectivity index (χ0) is 38.9. The van der Waals surface area contributed by atoms with Crippen LogP contribution in [0.25, 0.3) is 54.9 Å². The van der Waals surface area contributed by atoms with Gasteiger partial charge in [0.1, 0.15) is 0 Å². The molecule has 1 N–H and O–H groups in total. The fourth-order valence-corrected chi connectivity index (χ4v) is 10.1. The molecule has 59 heavy (non-hydrogen) atoms. The average Bonchev–Trinajstić information content (AvgIpc) is 3.60. The van der Waals surface area contributed by atoms with Gasteiger partial charge in [0.05, 0.1) is 5.41 Å². The van der Waals surface area contributed by atoms with E-state index in [1.54, 1.807) is 0 Å². The predicted molar refractivity (Wildman–Crippen MR) is 248 cm³/mol. The molecule has 0 amide bonds. The molecule has 0 saturated heterocycles. The first-order valence-corrected chi connectivity index (χ1v) is 20.4. The maximum atomic E-state index is 3.78. The van der Waals surface area contributed by atoms with Gasteiger partial charge in [-0.2, -0.15) is 0 Å². The molecule has 12 rings (SSSR count). The van der Waals surface area contributed by atoms with Crippen molar-refractivity contribution in [2.24, 2.45) is 0 Å². The van der Waals surface area contributed by atoms with E-state index < -0.39 is 5.41 Å². The van der Waals surface area contributed by atoms with Crippen LogP contribution in [0.1, 0.15) is 22.3 Å². The molecule has 1 aliphatic carbocycles. The van der Waals surface area contributed by atoms with E-state index in [-0.39, 0.29) is 0 Å². The minimum absolute atomic E-state index is 0.434. The summed E-state index contributed by atoms with van der Waals surface area (Å²) in [6, 6.07) is 82.4. The van der Waals surface area contributed by atoms with Crippen LogP contribution in [0.2, 0.25) is 0 Å². The highest BCUT2D eigenvalue weighted by atomic mass is 15.1. The number of hydrogen-bond donors (Lipinski definition) is 1. The van der Waals surface area contributed by atoms with E-state index in [1.807, 2.05) is 0 Å². The smallest absolute Gasteiger partial charge is 0.0713 e. The third kappa shape index (κ3) is 5.06. The van der Waals surface area contributed by atoms with Gasteiger partial charge in [0, 0.05) is 39.4 Å². The van der Waals surface area contributed by atoms with Gasteiger partial charge in [-0.3, -0.25) is 0 Å². The molecule has 1 heterocycles. The van der Waals surface area contributed by atoms with E-state index in [2.05, 4.69) is 235 Å². The minimum atomic E-state index is -0.434. The third-order valence-corrected chi connectivity index (χ3v) is 12.6.